The number of aromatic nitrogens is 1. The fraction of sp³-hybridized carbons (Fsp3) is 0. The lowest BCUT2D eigenvalue weighted by atomic mass is 10.2. The fourth-order valence-corrected chi connectivity index (χ4v) is 1.96. The van der Waals surface area contributed by atoms with Gasteiger partial charge in [0.05, 0.1) is 5.52 Å². The van der Waals surface area contributed by atoms with Crippen molar-refractivity contribution >= 4 is 16.9 Å². The minimum Gasteiger partial charge on any atom is -0.476 e. The molecular weight excluding hydrogens is 242 g/mol. The molecule has 0 aliphatic heterocycles. The Balaban J connectivity index is 2.15. The third kappa shape index (κ3) is 2.04. The van der Waals surface area contributed by atoms with Gasteiger partial charge in [0.15, 0.2) is 11.4 Å². The molecule has 0 saturated carbocycles. The molecule has 0 aliphatic rings. The summed E-state index contributed by atoms with van der Waals surface area (Å²) < 4.78 is 1.34. The van der Waals surface area contributed by atoms with Crippen LogP contribution in [0.4, 0.5) is 0 Å². The highest BCUT2D eigenvalue weighted by Gasteiger charge is 2.15. The lowest BCUT2D eigenvalue weighted by Gasteiger charge is -2.09. The second-order valence-corrected chi connectivity index (χ2v) is 4.09. The molecule has 1 N–H and O–H groups in total. The van der Waals surface area contributed by atoms with Crippen molar-refractivity contribution in [3.8, 4) is 5.75 Å². The SMILES string of the molecule is O=C(O)c1cc2ccccc2n1Oc1ccccc1. The molecule has 4 heteroatoms. The van der Waals surface area contributed by atoms with Gasteiger partial charge in [0.2, 0.25) is 0 Å². The normalized spacial score (nSPS) is 10.5. The average Bonchev–Trinajstić information content (AvgIpc) is 2.79. The number of nitrogens with zero attached hydrogens (tertiary/aromatic N) is 1. The van der Waals surface area contributed by atoms with Crippen LogP contribution >= 0.6 is 0 Å². The lowest BCUT2D eigenvalue weighted by molar-refractivity contribution is 0.0659. The van der Waals surface area contributed by atoms with Crippen LogP contribution in [0.25, 0.3) is 10.9 Å². The highest BCUT2D eigenvalue weighted by Crippen LogP contribution is 2.21. The molecule has 2 aromatic carbocycles. The summed E-state index contributed by atoms with van der Waals surface area (Å²) in [4.78, 5) is 16.9. The van der Waals surface area contributed by atoms with Crippen molar-refractivity contribution in [3.63, 3.8) is 0 Å². The van der Waals surface area contributed by atoms with E-state index in [9.17, 15) is 9.90 Å². The van der Waals surface area contributed by atoms with Crippen LogP contribution < -0.4 is 4.84 Å². The predicted molar refractivity (Wildman–Crippen MR) is 71.4 cm³/mol. The van der Waals surface area contributed by atoms with Crippen LogP contribution in [0.5, 0.6) is 5.75 Å². The molecule has 3 aromatic rings. The number of fused-ring (bicyclic) bond motifs is 1. The number of hydrogen-bond acceptors (Lipinski definition) is 2. The maximum Gasteiger partial charge on any atom is 0.356 e. The highest BCUT2D eigenvalue weighted by molar-refractivity contribution is 5.94. The Morgan fingerprint density at radius 3 is 2.42 bits per heavy atom. The van der Waals surface area contributed by atoms with E-state index in [2.05, 4.69) is 0 Å². The largest absolute Gasteiger partial charge is 0.476 e. The fourth-order valence-electron chi connectivity index (χ4n) is 1.96. The van der Waals surface area contributed by atoms with Crippen molar-refractivity contribution in [1.29, 1.82) is 0 Å². The number of aromatic carboxylic acids is 1. The van der Waals surface area contributed by atoms with Gasteiger partial charge in [-0.25, -0.2) is 4.79 Å². The molecule has 0 atom stereocenters. The number of carboxylic acids is 1. The summed E-state index contributed by atoms with van der Waals surface area (Å²) >= 11 is 0. The first-order valence-corrected chi connectivity index (χ1v) is 5.83. The van der Waals surface area contributed by atoms with Crippen molar-refractivity contribution < 1.29 is 14.7 Å². The molecule has 0 aliphatic carbocycles. The number of benzene rings is 2. The molecule has 0 amide bonds. The average molecular weight is 253 g/mol. The summed E-state index contributed by atoms with van der Waals surface area (Å²) in [5.74, 6) is -0.432. The Morgan fingerprint density at radius 2 is 1.68 bits per heavy atom. The Bertz CT molecular complexity index is 731. The van der Waals surface area contributed by atoms with Crippen molar-refractivity contribution in [2.24, 2.45) is 0 Å². The first-order chi connectivity index (χ1) is 9.25. The maximum absolute atomic E-state index is 11.3. The number of carboxylic acid groups (broad SMARTS) is 1. The zero-order valence-corrected chi connectivity index (χ0v) is 9.98. The molecule has 4 nitrogen and oxygen atoms in total. The Labute approximate surface area is 109 Å². The van der Waals surface area contributed by atoms with Gasteiger partial charge in [0.25, 0.3) is 0 Å². The third-order valence-electron chi connectivity index (χ3n) is 2.83. The van der Waals surface area contributed by atoms with E-state index < -0.39 is 5.97 Å². The number of rotatable bonds is 3. The van der Waals surface area contributed by atoms with E-state index >= 15 is 0 Å². The van der Waals surface area contributed by atoms with Crippen molar-refractivity contribution in [3.05, 3.63) is 66.4 Å². The Morgan fingerprint density at radius 1 is 1.00 bits per heavy atom. The van der Waals surface area contributed by atoms with Gasteiger partial charge in [0.1, 0.15) is 0 Å². The third-order valence-corrected chi connectivity index (χ3v) is 2.83. The topological polar surface area (TPSA) is 51.5 Å². The lowest BCUT2D eigenvalue weighted by Crippen LogP contribution is -2.12. The van der Waals surface area contributed by atoms with Crippen molar-refractivity contribution in [2.45, 2.75) is 0 Å². The van der Waals surface area contributed by atoms with Gasteiger partial charge in [-0.15, -0.1) is 0 Å². The van der Waals surface area contributed by atoms with Gasteiger partial charge in [-0.2, -0.15) is 4.73 Å². The van der Waals surface area contributed by atoms with Gasteiger partial charge >= 0.3 is 5.97 Å². The molecule has 94 valence electrons. The number of hydrogen-bond donors (Lipinski definition) is 1. The minimum atomic E-state index is -1.02. The smallest absolute Gasteiger partial charge is 0.356 e. The highest BCUT2D eigenvalue weighted by atomic mass is 16.7. The zero-order valence-electron chi connectivity index (χ0n) is 9.98. The van der Waals surface area contributed by atoms with Gasteiger partial charge < -0.3 is 9.94 Å². The number of para-hydroxylation sites is 2. The molecule has 3 rings (SSSR count). The van der Waals surface area contributed by atoms with Crippen LogP contribution in [0.3, 0.4) is 0 Å². The molecule has 0 fully saturated rings. The maximum atomic E-state index is 11.3. The summed E-state index contributed by atoms with van der Waals surface area (Å²) in [6.45, 7) is 0. The van der Waals surface area contributed by atoms with Crippen molar-refractivity contribution in [2.75, 3.05) is 0 Å². The molecule has 1 aromatic heterocycles. The monoisotopic (exact) mass is 253 g/mol. The van der Waals surface area contributed by atoms with Gasteiger partial charge in [-0.1, -0.05) is 36.4 Å². The van der Waals surface area contributed by atoms with Crippen LogP contribution in [-0.4, -0.2) is 15.8 Å². The van der Waals surface area contributed by atoms with E-state index in [1.807, 2.05) is 42.5 Å². The van der Waals surface area contributed by atoms with Gasteiger partial charge in [-0.3, -0.25) is 0 Å². The van der Waals surface area contributed by atoms with Crippen LogP contribution in [0.1, 0.15) is 10.5 Å². The van der Waals surface area contributed by atoms with Crippen LogP contribution in [0.15, 0.2) is 60.7 Å². The molecule has 0 saturated heterocycles. The van der Waals surface area contributed by atoms with Gasteiger partial charge in [-0.05, 0) is 24.3 Å². The molecular formula is C15H11NO3. The molecule has 0 bridgehead atoms. The molecule has 19 heavy (non-hydrogen) atoms. The first kappa shape index (κ1) is 11.3. The summed E-state index contributed by atoms with van der Waals surface area (Å²) in [5, 5.41) is 10.1. The first-order valence-electron chi connectivity index (χ1n) is 5.83. The summed E-state index contributed by atoms with van der Waals surface area (Å²) in [6, 6.07) is 18.1. The van der Waals surface area contributed by atoms with Crippen LogP contribution in [0, 0.1) is 0 Å². The minimum absolute atomic E-state index is 0.102. The summed E-state index contributed by atoms with van der Waals surface area (Å²) in [5.41, 5.74) is 0.828. The van der Waals surface area contributed by atoms with E-state index in [-0.39, 0.29) is 5.69 Å². The summed E-state index contributed by atoms with van der Waals surface area (Å²) in [6.07, 6.45) is 0. The predicted octanol–water partition coefficient (Wildman–Crippen LogP) is 3.18. The van der Waals surface area contributed by atoms with Crippen LogP contribution in [-0.2, 0) is 0 Å². The zero-order chi connectivity index (χ0) is 13.2. The van der Waals surface area contributed by atoms with E-state index in [0.29, 0.717) is 5.75 Å². The summed E-state index contributed by atoms with van der Waals surface area (Å²) in [7, 11) is 0. The molecule has 0 unspecified atom stereocenters. The standard InChI is InChI=1S/C15H11NO3/c17-15(18)14-10-11-6-4-5-9-13(11)16(14)19-12-7-2-1-3-8-12/h1-10H,(H,17,18). The Hall–Kier alpha value is -2.75. The van der Waals surface area contributed by atoms with E-state index in [1.165, 1.54) is 4.73 Å². The molecule has 0 spiro atoms. The van der Waals surface area contributed by atoms with Gasteiger partial charge in [0, 0.05) is 5.39 Å². The second kappa shape index (κ2) is 4.49. The number of carbonyl (C=O) groups is 1. The Kier molecular flexibility index (Phi) is 2.68. The second-order valence-electron chi connectivity index (χ2n) is 4.09. The van der Waals surface area contributed by atoms with Crippen molar-refractivity contribution in [1.82, 2.24) is 4.73 Å². The quantitative estimate of drug-likeness (QED) is 0.780. The van der Waals surface area contributed by atoms with E-state index in [0.717, 1.165) is 10.9 Å². The van der Waals surface area contributed by atoms with E-state index in [1.54, 1.807) is 18.2 Å². The van der Waals surface area contributed by atoms with E-state index in [4.69, 9.17) is 4.84 Å². The molecule has 0 radical (unpaired) electrons. The van der Waals surface area contributed by atoms with Crippen LogP contribution in [0.2, 0.25) is 0 Å². The molecule has 1 heterocycles.